The van der Waals surface area contributed by atoms with Crippen LogP contribution in [0.5, 0.6) is 0 Å². The molecule has 3 unspecified atom stereocenters. The van der Waals surface area contributed by atoms with Crippen molar-refractivity contribution in [3.8, 4) is 0 Å². The van der Waals surface area contributed by atoms with Crippen LogP contribution in [0.1, 0.15) is 25.8 Å². The number of amides is 1. The lowest BCUT2D eigenvalue weighted by molar-refractivity contribution is -0.147. The van der Waals surface area contributed by atoms with Crippen LogP contribution in [0, 0.1) is 5.92 Å². The van der Waals surface area contributed by atoms with Crippen LogP contribution in [0.2, 0.25) is 0 Å². The fourth-order valence-electron chi connectivity index (χ4n) is 2.37. The number of nitrogens with zero attached hydrogens (tertiary/aromatic N) is 1. The van der Waals surface area contributed by atoms with Crippen molar-refractivity contribution in [3.63, 3.8) is 0 Å². The zero-order chi connectivity index (χ0) is 14.5. The molecule has 2 rings (SSSR count). The maximum absolute atomic E-state index is 12.3. The van der Waals surface area contributed by atoms with Gasteiger partial charge >= 0.3 is 0 Å². The van der Waals surface area contributed by atoms with Gasteiger partial charge in [-0.05, 0) is 24.8 Å². The predicted octanol–water partition coefficient (Wildman–Crippen LogP) is 1.82. The minimum absolute atomic E-state index is 0.0353. The number of carbonyl (C=O) groups excluding carboxylic acids is 1. The summed E-state index contributed by atoms with van der Waals surface area (Å²) in [5.41, 5.74) is 1.06. The fourth-order valence-corrected chi connectivity index (χ4v) is 2.37. The van der Waals surface area contributed by atoms with Gasteiger partial charge in [0.15, 0.2) is 0 Å². The van der Waals surface area contributed by atoms with E-state index in [1.54, 1.807) is 11.8 Å². The van der Waals surface area contributed by atoms with Crippen LogP contribution in [-0.4, -0.2) is 41.2 Å². The number of benzene rings is 1. The molecule has 1 aromatic rings. The number of hydrogen-bond donors (Lipinski definition) is 1. The summed E-state index contributed by atoms with van der Waals surface area (Å²) in [4.78, 5) is 14.0. The Bertz CT molecular complexity index is 435. The van der Waals surface area contributed by atoms with Crippen molar-refractivity contribution >= 4 is 5.91 Å². The number of ether oxygens (including phenoxy) is 1. The van der Waals surface area contributed by atoms with Gasteiger partial charge in [0.1, 0.15) is 6.10 Å². The highest BCUT2D eigenvalue weighted by atomic mass is 16.5. The van der Waals surface area contributed by atoms with Crippen LogP contribution in [0.15, 0.2) is 30.3 Å². The molecule has 4 heteroatoms. The van der Waals surface area contributed by atoms with Gasteiger partial charge in [-0.3, -0.25) is 4.79 Å². The molecule has 4 nitrogen and oxygen atoms in total. The summed E-state index contributed by atoms with van der Waals surface area (Å²) in [6.45, 7) is 5.34. The molecule has 0 saturated carbocycles. The van der Waals surface area contributed by atoms with Crippen molar-refractivity contribution in [2.75, 3.05) is 13.1 Å². The molecule has 1 aliphatic rings. The molecule has 0 aliphatic carbocycles. The molecule has 0 aromatic heterocycles. The Morgan fingerprint density at radius 2 is 2.15 bits per heavy atom. The van der Waals surface area contributed by atoms with Crippen molar-refractivity contribution in [1.82, 2.24) is 4.90 Å². The molecule has 1 heterocycles. The first-order chi connectivity index (χ1) is 9.58. The minimum Gasteiger partial charge on any atom is -0.391 e. The largest absolute Gasteiger partial charge is 0.391 e. The molecule has 1 fully saturated rings. The van der Waals surface area contributed by atoms with Crippen molar-refractivity contribution in [2.45, 2.75) is 39.1 Å². The highest BCUT2D eigenvalue weighted by Crippen LogP contribution is 2.18. The van der Waals surface area contributed by atoms with E-state index in [9.17, 15) is 9.90 Å². The Hall–Kier alpha value is -1.39. The second-order valence-electron chi connectivity index (χ2n) is 5.56. The molecule has 3 atom stereocenters. The van der Waals surface area contributed by atoms with Crippen LogP contribution in [0.3, 0.4) is 0 Å². The van der Waals surface area contributed by atoms with Crippen LogP contribution in [0.25, 0.3) is 0 Å². The molecule has 0 spiro atoms. The summed E-state index contributed by atoms with van der Waals surface area (Å²) in [7, 11) is 0. The molecular formula is C16H23NO3. The Kier molecular flexibility index (Phi) is 5.15. The summed E-state index contributed by atoms with van der Waals surface area (Å²) < 4.78 is 5.63. The number of rotatable bonds is 4. The number of aliphatic hydroxyl groups excluding tert-OH is 1. The summed E-state index contributed by atoms with van der Waals surface area (Å²) in [5, 5.41) is 9.85. The normalized spacial score (nSPS) is 24.4. The van der Waals surface area contributed by atoms with Gasteiger partial charge in [0.2, 0.25) is 0 Å². The zero-order valence-corrected chi connectivity index (χ0v) is 12.2. The molecule has 1 saturated heterocycles. The second-order valence-corrected chi connectivity index (χ2v) is 5.56. The third-order valence-electron chi connectivity index (χ3n) is 3.92. The Balaban J connectivity index is 1.83. The van der Waals surface area contributed by atoms with E-state index in [0.717, 1.165) is 12.0 Å². The lowest BCUT2D eigenvalue weighted by atomic mass is 9.96. The van der Waals surface area contributed by atoms with E-state index in [1.807, 2.05) is 37.3 Å². The first-order valence-corrected chi connectivity index (χ1v) is 7.20. The van der Waals surface area contributed by atoms with E-state index < -0.39 is 12.2 Å². The first kappa shape index (κ1) is 15.0. The van der Waals surface area contributed by atoms with Crippen molar-refractivity contribution in [1.29, 1.82) is 0 Å². The van der Waals surface area contributed by atoms with E-state index in [0.29, 0.717) is 19.7 Å². The standard InChI is InChI=1S/C16H23NO3/c1-12-8-9-17(10-15(12)18)16(19)13(2)20-11-14-6-4-3-5-7-14/h3-7,12-13,15,18H,8-11H2,1-2H3. The zero-order valence-electron chi connectivity index (χ0n) is 12.2. The second kappa shape index (κ2) is 6.86. The van der Waals surface area contributed by atoms with E-state index in [-0.39, 0.29) is 11.8 Å². The van der Waals surface area contributed by atoms with Crippen molar-refractivity contribution in [3.05, 3.63) is 35.9 Å². The van der Waals surface area contributed by atoms with Gasteiger partial charge < -0.3 is 14.7 Å². The van der Waals surface area contributed by atoms with Crippen LogP contribution in [-0.2, 0) is 16.1 Å². The maximum Gasteiger partial charge on any atom is 0.251 e. The van der Waals surface area contributed by atoms with Gasteiger partial charge in [-0.2, -0.15) is 0 Å². The van der Waals surface area contributed by atoms with Gasteiger partial charge in [0, 0.05) is 13.1 Å². The van der Waals surface area contributed by atoms with E-state index in [2.05, 4.69) is 0 Å². The number of piperidine rings is 1. The van der Waals surface area contributed by atoms with Gasteiger partial charge in [-0.15, -0.1) is 0 Å². The van der Waals surface area contributed by atoms with Gasteiger partial charge in [0.25, 0.3) is 5.91 Å². The summed E-state index contributed by atoms with van der Waals surface area (Å²) in [6.07, 6.45) is -0.0528. The SMILES string of the molecule is CC(OCc1ccccc1)C(=O)N1CCC(C)C(O)C1. The van der Waals surface area contributed by atoms with Crippen LogP contribution in [0.4, 0.5) is 0 Å². The average Bonchev–Trinajstić information content (AvgIpc) is 2.48. The number of β-amino-alcohol motifs (C(OH)–C–C–N with tert-alkyl or cyclic N) is 1. The van der Waals surface area contributed by atoms with E-state index in [1.165, 1.54) is 0 Å². The first-order valence-electron chi connectivity index (χ1n) is 7.20. The Labute approximate surface area is 120 Å². The molecule has 0 radical (unpaired) electrons. The number of carbonyl (C=O) groups is 1. The van der Waals surface area contributed by atoms with E-state index >= 15 is 0 Å². The third kappa shape index (κ3) is 3.81. The van der Waals surface area contributed by atoms with Crippen molar-refractivity contribution < 1.29 is 14.6 Å². The van der Waals surface area contributed by atoms with Gasteiger partial charge in [-0.25, -0.2) is 0 Å². The van der Waals surface area contributed by atoms with Gasteiger partial charge in [-0.1, -0.05) is 37.3 Å². The van der Waals surface area contributed by atoms with Crippen molar-refractivity contribution in [2.24, 2.45) is 5.92 Å². The summed E-state index contributed by atoms with van der Waals surface area (Å²) in [5.74, 6) is 0.228. The average molecular weight is 277 g/mol. The van der Waals surface area contributed by atoms with E-state index in [4.69, 9.17) is 4.74 Å². The summed E-state index contributed by atoms with van der Waals surface area (Å²) in [6, 6.07) is 9.81. The molecule has 110 valence electrons. The maximum atomic E-state index is 12.3. The molecule has 20 heavy (non-hydrogen) atoms. The molecule has 1 N–H and O–H groups in total. The topological polar surface area (TPSA) is 49.8 Å². The lowest BCUT2D eigenvalue weighted by Gasteiger charge is -2.35. The minimum atomic E-state index is -0.476. The number of aliphatic hydroxyl groups is 1. The fraction of sp³-hybridized carbons (Fsp3) is 0.562. The van der Waals surface area contributed by atoms with Crippen LogP contribution < -0.4 is 0 Å². The molecular weight excluding hydrogens is 254 g/mol. The highest BCUT2D eigenvalue weighted by molar-refractivity contribution is 5.80. The quantitative estimate of drug-likeness (QED) is 0.913. The molecule has 1 aromatic carbocycles. The molecule has 1 aliphatic heterocycles. The number of hydrogen-bond acceptors (Lipinski definition) is 3. The van der Waals surface area contributed by atoms with Gasteiger partial charge in [0.05, 0.1) is 12.7 Å². The molecule has 1 amide bonds. The third-order valence-corrected chi connectivity index (χ3v) is 3.92. The smallest absolute Gasteiger partial charge is 0.251 e. The van der Waals surface area contributed by atoms with Crippen LogP contribution >= 0.6 is 0 Å². The Morgan fingerprint density at radius 3 is 2.80 bits per heavy atom. The Morgan fingerprint density at radius 1 is 1.45 bits per heavy atom. The lowest BCUT2D eigenvalue weighted by Crippen LogP contribution is -2.49. The number of likely N-dealkylation sites (tertiary alicyclic amines) is 1. The highest BCUT2D eigenvalue weighted by Gasteiger charge is 2.29. The monoisotopic (exact) mass is 277 g/mol. The predicted molar refractivity (Wildman–Crippen MR) is 77.1 cm³/mol. The molecule has 0 bridgehead atoms. The summed E-state index contributed by atoms with van der Waals surface area (Å²) >= 11 is 0.